The zero-order valence-corrected chi connectivity index (χ0v) is 15.3. The summed E-state index contributed by atoms with van der Waals surface area (Å²) in [6, 6.07) is 1.59. The molecule has 2 aromatic rings. The van der Waals surface area contributed by atoms with Crippen LogP contribution in [-0.4, -0.2) is 47.5 Å². The number of benzene rings is 1. The second-order valence-electron chi connectivity index (χ2n) is 5.56. The Hall–Kier alpha value is -2.06. The van der Waals surface area contributed by atoms with Gasteiger partial charge in [0.05, 0.1) is 4.90 Å². The first-order valence-corrected chi connectivity index (χ1v) is 8.85. The highest BCUT2D eigenvalue weighted by atomic mass is 32.2. The molecule has 0 bridgehead atoms. The lowest BCUT2D eigenvalue weighted by atomic mass is 9.99. The molecule has 1 N–H and O–H groups in total. The van der Waals surface area contributed by atoms with Crippen LogP contribution in [0.4, 0.5) is 4.79 Å². The fourth-order valence-corrected chi connectivity index (χ4v) is 3.59. The normalized spacial score (nSPS) is 12.2. The molecule has 1 heterocycles. The van der Waals surface area contributed by atoms with Crippen molar-refractivity contribution in [3.05, 3.63) is 29.1 Å². The Labute approximate surface area is 144 Å². The molecule has 8 heteroatoms. The molecule has 0 radical (unpaired) electrons. The van der Waals surface area contributed by atoms with Crippen LogP contribution >= 0.6 is 0 Å². The minimum absolute atomic E-state index is 0.243. The van der Waals surface area contributed by atoms with E-state index in [1.807, 2.05) is 26.8 Å². The van der Waals surface area contributed by atoms with Crippen molar-refractivity contribution in [2.24, 2.45) is 0 Å². The molecule has 1 unspecified atom stereocenters. The van der Waals surface area contributed by atoms with E-state index in [1.54, 1.807) is 18.7 Å². The van der Waals surface area contributed by atoms with Crippen LogP contribution in [0.15, 0.2) is 17.3 Å². The van der Waals surface area contributed by atoms with Gasteiger partial charge in [0.1, 0.15) is 6.33 Å². The average molecular weight is 350 g/mol. The van der Waals surface area contributed by atoms with E-state index in [0.717, 1.165) is 11.1 Å². The van der Waals surface area contributed by atoms with E-state index in [1.165, 1.54) is 11.0 Å². The van der Waals surface area contributed by atoms with Gasteiger partial charge in [-0.2, -0.15) is 4.68 Å². The number of rotatable bonds is 4. The maximum atomic E-state index is 12.3. The number of carbonyl (C=O) groups is 1. The maximum absolute atomic E-state index is 12.3. The predicted octanol–water partition coefficient (Wildman–Crippen LogP) is 2.76. The van der Waals surface area contributed by atoms with Gasteiger partial charge >= 0.3 is 6.03 Å². The molecule has 0 fully saturated rings. The van der Waals surface area contributed by atoms with Crippen LogP contribution in [0.5, 0.6) is 0 Å². The summed E-state index contributed by atoms with van der Waals surface area (Å²) in [4.78, 5) is 18.6. The number of nitrogens with zero attached hydrogens (tertiary/aromatic N) is 4. The van der Waals surface area contributed by atoms with Crippen LogP contribution in [0, 0.1) is 20.8 Å². The van der Waals surface area contributed by atoms with Crippen molar-refractivity contribution in [1.82, 2.24) is 19.7 Å². The molecule has 0 aliphatic heterocycles. The first kappa shape index (κ1) is 18.3. The van der Waals surface area contributed by atoms with Gasteiger partial charge in [0.2, 0.25) is 0 Å². The zero-order valence-electron chi connectivity index (χ0n) is 14.5. The Bertz CT molecular complexity index is 797. The van der Waals surface area contributed by atoms with Gasteiger partial charge < -0.3 is 9.45 Å². The fourth-order valence-electron chi connectivity index (χ4n) is 2.89. The van der Waals surface area contributed by atoms with Crippen molar-refractivity contribution in [2.45, 2.75) is 39.5 Å². The molecule has 130 valence electrons. The Balaban J connectivity index is 2.53. The van der Waals surface area contributed by atoms with Crippen LogP contribution in [0.3, 0.4) is 0 Å². The van der Waals surface area contributed by atoms with Crippen molar-refractivity contribution >= 4 is 17.1 Å². The quantitative estimate of drug-likeness (QED) is 0.857. The van der Waals surface area contributed by atoms with Gasteiger partial charge in [0.25, 0.3) is 0 Å². The van der Waals surface area contributed by atoms with Crippen molar-refractivity contribution in [3.63, 3.8) is 0 Å². The lowest BCUT2D eigenvalue weighted by Gasteiger charge is -2.17. The highest BCUT2D eigenvalue weighted by Gasteiger charge is 2.20. The van der Waals surface area contributed by atoms with Crippen molar-refractivity contribution in [1.29, 1.82) is 0 Å². The highest BCUT2D eigenvalue weighted by molar-refractivity contribution is 7.79. The third kappa shape index (κ3) is 3.25. The van der Waals surface area contributed by atoms with Crippen LogP contribution in [-0.2, 0) is 11.1 Å². The Morgan fingerprint density at radius 2 is 1.88 bits per heavy atom. The highest BCUT2D eigenvalue weighted by Crippen LogP contribution is 2.30. The summed E-state index contributed by atoms with van der Waals surface area (Å²) >= 11 is -2.09. The zero-order chi connectivity index (χ0) is 18.0. The van der Waals surface area contributed by atoms with Crippen LogP contribution in [0.25, 0.3) is 11.4 Å². The predicted molar refractivity (Wildman–Crippen MR) is 92.4 cm³/mol. The van der Waals surface area contributed by atoms with Crippen LogP contribution in [0.2, 0.25) is 0 Å². The number of amides is 1. The van der Waals surface area contributed by atoms with E-state index >= 15 is 0 Å². The van der Waals surface area contributed by atoms with Crippen LogP contribution in [0.1, 0.15) is 30.5 Å². The number of hydrogen-bond acceptors (Lipinski definition) is 4. The van der Waals surface area contributed by atoms with Gasteiger partial charge in [-0.1, -0.05) is 6.07 Å². The molecule has 1 atom stereocenters. The van der Waals surface area contributed by atoms with E-state index in [0.29, 0.717) is 34.9 Å². The van der Waals surface area contributed by atoms with Gasteiger partial charge in [-0.3, -0.25) is 0 Å². The lowest BCUT2D eigenvalue weighted by Crippen LogP contribution is -2.34. The first-order valence-electron chi connectivity index (χ1n) is 7.74. The maximum Gasteiger partial charge on any atom is 0.346 e. The molecule has 0 saturated heterocycles. The van der Waals surface area contributed by atoms with Crippen molar-refractivity contribution in [2.75, 3.05) is 13.1 Å². The smallest absolute Gasteiger partial charge is 0.323 e. The molecular formula is C16H22N4O3S. The second-order valence-corrected chi connectivity index (χ2v) is 6.46. The Morgan fingerprint density at radius 1 is 1.25 bits per heavy atom. The molecule has 2 rings (SSSR count). The van der Waals surface area contributed by atoms with Crippen molar-refractivity contribution < 1.29 is 13.6 Å². The largest absolute Gasteiger partial charge is 0.346 e. The standard InChI is InChI=1S/C16H22N4O3S/c1-6-19(7-2)16(21)20-9-17-15(18-20)13-10(3)8-11(4)14(12(13)5)24(22)23/h8-9H,6-7H2,1-5H3,(H,22,23). The molecule has 0 spiro atoms. The molecule has 0 aliphatic rings. The number of carbonyl (C=O) groups excluding carboxylic acids is 1. The molecule has 1 aromatic carbocycles. The Morgan fingerprint density at radius 3 is 2.42 bits per heavy atom. The molecule has 7 nitrogen and oxygen atoms in total. The monoisotopic (exact) mass is 350 g/mol. The summed E-state index contributed by atoms with van der Waals surface area (Å²) in [6.45, 7) is 10.4. The first-order chi connectivity index (χ1) is 11.3. The molecule has 0 aliphatic carbocycles. The third-order valence-corrected chi connectivity index (χ3v) is 5.00. The molecule has 24 heavy (non-hydrogen) atoms. The number of hydrogen-bond donors (Lipinski definition) is 1. The van der Waals surface area contributed by atoms with Gasteiger partial charge in [0.15, 0.2) is 16.9 Å². The van der Waals surface area contributed by atoms with Crippen LogP contribution < -0.4 is 0 Å². The minimum atomic E-state index is -2.09. The fraction of sp³-hybridized carbons (Fsp3) is 0.438. The minimum Gasteiger partial charge on any atom is -0.323 e. The van der Waals surface area contributed by atoms with Gasteiger partial charge in [-0.05, 0) is 51.3 Å². The molecule has 1 aromatic heterocycles. The Kier molecular flexibility index (Phi) is 5.51. The summed E-state index contributed by atoms with van der Waals surface area (Å²) in [7, 11) is 0. The summed E-state index contributed by atoms with van der Waals surface area (Å²) in [5, 5.41) is 4.28. The number of aryl methyl sites for hydroxylation is 2. The topological polar surface area (TPSA) is 88.3 Å². The summed E-state index contributed by atoms with van der Waals surface area (Å²) in [6.07, 6.45) is 1.38. The summed E-state index contributed by atoms with van der Waals surface area (Å²) < 4.78 is 22.4. The lowest BCUT2D eigenvalue weighted by molar-refractivity contribution is 0.201. The molecular weight excluding hydrogens is 328 g/mol. The molecule has 0 saturated carbocycles. The average Bonchev–Trinajstić information content (AvgIpc) is 2.96. The van der Waals surface area contributed by atoms with Crippen molar-refractivity contribution in [3.8, 4) is 11.4 Å². The van der Waals surface area contributed by atoms with E-state index in [-0.39, 0.29) is 6.03 Å². The number of aromatic nitrogens is 3. The summed E-state index contributed by atoms with van der Waals surface area (Å²) in [5.74, 6) is 0.372. The SMILES string of the molecule is CCN(CC)C(=O)n1cnc(-c2c(C)cc(C)c(S(=O)O)c2C)n1. The van der Waals surface area contributed by atoms with E-state index < -0.39 is 11.1 Å². The van der Waals surface area contributed by atoms with E-state index in [2.05, 4.69) is 10.1 Å². The van der Waals surface area contributed by atoms with Gasteiger partial charge in [0, 0.05) is 18.7 Å². The molecule has 1 amide bonds. The summed E-state index contributed by atoms with van der Waals surface area (Å²) in [5.41, 5.74) is 2.98. The second kappa shape index (κ2) is 7.23. The van der Waals surface area contributed by atoms with Gasteiger partial charge in [-0.25, -0.2) is 14.0 Å². The van der Waals surface area contributed by atoms with E-state index in [4.69, 9.17) is 0 Å². The van der Waals surface area contributed by atoms with E-state index in [9.17, 15) is 13.6 Å². The van der Waals surface area contributed by atoms with Gasteiger partial charge in [-0.15, -0.1) is 5.10 Å². The third-order valence-electron chi connectivity index (χ3n) is 4.02.